The Morgan fingerprint density at radius 1 is 1.31 bits per heavy atom. The van der Waals surface area contributed by atoms with Crippen molar-refractivity contribution in [3.05, 3.63) is 40.7 Å². The summed E-state index contributed by atoms with van der Waals surface area (Å²) in [6.07, 6.45) is 0. The minimum Gasteiger partial charge on any atom is -0.316 e. The van der Waals surface area contributed by atoms with Gasteiger partial charge < -0.3 is 4.85 Å². The summed E-state index contributed by atoms with van der Waals surface area (Å²) in [6.45, 7) is 11.5. The first kappa shape index (κ1) is 10.1. The highest BCUT2D eigenvalue weighted by atomic mass is 32.2. The van der Waals surface area contributed by atoms with E-state index in [1.807, 2.05) is 0 Å². The summed E-state index contributed by atoms with van der Waals surface area (Å²) in [7, 11) is 0. The molecule has 0 aromatic heterocycles. The van der Waals surface area contributed by atoms with Crippen molar-refractivity contribution < 1.29 is 0 Å². The van der Waals surface area contributed by atoms with Gasteiger partial charge in [-0.2, -0.15) is 0 Å². The van der Waals surface area contributed by atoms with Gasteiger partial charge in [0.15, 0.2) is 0 Å². The van der Waals surface area contributed by atoms with E-state index in [9.17, 15) is 0 Å². The van der Waals surface area contributed by atoms with E-state index in [4.69, 9.17) is 6.57 Å². The fourth-order valence-electron chi connectivity index (χ4n) is 1.01. The molecule has 0 spiro atoms. The van der Waals surface area contributed by atoms with E-state index in [0.717, 1.165) is 5.75 Å². The summed E-state index contributed by atoms with van der Waals surface area (Å²) in [5.41, 5.74) is 2.65. The first-order valence-electron chi connectivity index (χ1n) is 4.27. The molecule has 1 aromatic rings. The average molecular weight is 191 g/mol. The van der Waals surface area contributed by atoms with E-state index in [0.29, 0.717) is 6.54 Å². The molecule has 0 bridgehead atoms. The van der Waals surface area contributed by atoms with Gasteiger partial charge in [-0.05, 0) is 37.1 Å². The SMILES string of the molecule is [C-]#[N+]CCSc1ccc(C)c(C)c1. The summed E-state index contributed by atoms with van der Waals surface area (Å²) >= 11 is 1.75. The third kappa shape index (κ3) is 3.12. The van der Waals surface area contributed by atoms with Crippen LogP contribution in [0, 0.1) is 20.4 Å². The fourth-order valence-corrected chi connectivity index (χ4v) is 1.86. The van der Waals surface area contributed by atoms with Crippen LogP contribution in [0.5, 0.6) is 0 Å². The molecule has 0 aliphatic carbocycles. The van der Waals surface area contributed by atoms with Gasteiger partial charge in [0.25, 0.3) is 0 Å². The van der Waals surface area contributed by atoms with Gasteiger partial charge in [-0.15, -0.1) is 11.8 Å². The molecule has 0 aliphatic rings. The van der Waals surface area contributed by atoms with Gasteiger partial charge in [-0.1, -0.05) is 6.07 Å². The number of nitrogens with zero attached hydrogens (tertiary/aromatic N) is 1. The predicted octanol–water partition coefficient (Wildman–Crippen LogP) is 3.31. The van der Waals surface area contributed by atoms with Gasteiger partial charge in [-0.25, -0.2) is 6.57 Å². The second kappa shape index (κ2) is 4.94. The molecule has 1 nitrogen and oxygen atoms in total. The Balaban J connectivity index is 2.59. The Hall–Kier alpha value is -0.940. The lowest BCUT2D eigenvalue weighted by atomic mass is 10.1. The van der Waals surface area contributed by atoms with E-state index in [2.05, 4.69) is 36.9 Å². The smallest absolute Gasteiger partial charge is 0.223 e. The predicted molar refractivity (Wildman–Crippen MR) is 58.1 cm³/mol. The number of hydrogen-bond donors (Lipinski definition) is 0. The lowest BCUT2D eigenvalue weighted by Crippen LogP contribution is -1.84. The van der Waals surface area contributed by atoms with Crippen molar-refractivity contribution in [2.45, 2.75) is 18.7 Å². The second-order valence-corrected chi connectivity index (χ2v) is 4.14. The molecular formula is C11H13NS. The highest BCUT2D eigenvalue weighted by Crippen LogP contribution is 2.20. The Morgan fingerprint density at radius 2 is 2.08 bits per heavy atom. The van der Waals surface area contributed by atoms with E-state index in [1.165, 1.54) is 16.0 Å². The van der Waals surface area contributed by atoms with Gasteiger partial charge in [0.05, 0.1) is 5.75 Å². The van der Waals surface area contributed by atoms with Crippen LogP contribution in [0.3, 0.4) is 0 Å². The fraction of sp³-hybridized carbons (Fsp3) is 0.364. The van der Waals surface area contributed by atoms with Crippen molar-refractivity contribution in [3.63, 3.8) is 0 Å². The van der Waals surface area contributed by atoms with Crippen molar-refractivity contribution in [2.75, 3.05) is 12.3 Å². The zero-order valence-electron chi connectivity index (χ0n) is 8.00. The van der Waals surface area contributed by atoms with Gasteiger partial charge in [0.1, 0.15) is 0 Å². The molecule has 0 unspecified atom stereocenters. The topological polar surface area (TPSA) is 4.36 Å². The molecule has 68 valence electrons. The molecular weight excluding hydrogens is 178 g/mol. The Bertz CT molecular complexity index is 325. The van der Waals surface area contributed by atoms with E-state index >= 15 is 0 Å². The van der Waals surface area contributed by atoms with Gasteiger partial charge in [-0.3, -0.25) is 0 Å². The second-order valence-electron chi connectivity index (χ2n) is 2.98. The molecule has 1 rings (SSSR count). The molecule has 0 N–H and O–H groups in total. The van der Waals surface area contributed by atoms with Gasteiger partial charge in [0.2, 0.25) is 6.54 Å². The largest absolute Gasteiger partial charge is 0.316 e. The van der Waals surface area contributed by atoms with E-state index in [1.54, 1.807) is 11.8 Å². The molecule has 13 heavy (non-hydrogen) atoms. The number of thioether (sulfide) groups is 1. The standard InChI is InChI=1S/C11H13NS/c1-9-4-5-11(8-10(9)2)13-7-6-12-3/h4-5,8H,6-7H2,1-2H3. The molecule has 0 fully saturated rings. The van der Waals surface area contributed by atoms with Crippen LogP contribution in [0.4, 0.5) is 0 Å². The van der Waals surface area contributed by atoms with E-state index in [-0.39, 0.29) is 0 Å². The molecule has 0 amide bonds. The van der Waals surface area contributed by atoms with Crippen LogP contribution in [0.1, 0.15) is 11.1 Å². The Kier molecular flexibility index (Phi) is 3.85. The summed E-state index contributed by atoms with van der Waals surface area (Å²) in [5.74, 6) is 0.895. The lowest BCUT2D eigenvalue weighted by Gasteiger charge is -2.02. The lowest BCUT2D eigenvalue weighted by molar-refractivity contribution is 1.27. The summed E-state index contributed by atoms with van der Waals surface area (Å²) in [5, 5.41) is 0. The van der Waals surface area contributed by atoms with Crippen LogP contribution >= 0.6 is 11.8 Å². The number of rotatable bonds is 3. The van der Waals surface area contributed by atoms with Crippen LogP contribution < -0.4 is 0 Å². The first-order chi connectivity index (χ1) is 6.24. The van der Waals surface area contributed by atoms with Crippen molar-refractivity contribution >= 4 is 11.8 Å². The highest BCUT2D eigenvalue weighted by Gasteiger charge is 1.97. The number of aryl methyl sites for hydroxylation is 2. The zero-order valence-corrected chi connectivity index (χ0v) is 8.82. The van der Waals surface area contributed by atoms with Crippen LogP contribution in [-0.2, 0) is 0 Å². The normalized spacial score (nSPS) is 9.62. The highest BCUT2D eigenvalue weighted by molar-refractivity contribution is 7.99. The van der Waals surface area contributed by atoms with Crippen molar-refractivity contribution in [1.29, 1.82) is 0 Å². The van der Waals surface area contributed by atoms with Crippen molar-refractivity contribution in [3.8, 4) is 0 Å². The van der Waals surface area contributed by atoms with Crippen LogP contribution in [0.15, 0.2) is 23.1 Å². The Labute approximate surface area is 84.0 Å². The summed E-state index contributed by atoms with van der Waals surface area (Å²) in [4.78, 5) is 4.59. The minimum atomic E-state index is 0.609. The van der Waals surface area contributed by atoms with Crippen LogP contribution in [0.25, 0.3) is 4.85 Å². The van der Waals surface area contributed by atoms with Crippen molar-refractivity contribution in [1.82, 2.24) is 0 Å². The summed E-state index contributed by atoms with van der Waals surface area (Å²) < 4.78 is 0. The molecule has 2 heteroatoms. The van der Waals surface area contributed by atoms with Gasteiger partial charge >= 0.3 is 0 Å². The molecule has 1 aromatic carbocycles. The monoisotopic (exact) mass is 191 g/mol. The minimum absolute atomic E-state index is 0.609. The van der Waals surface area contributed by atoms with Crippen LogP contribution in [-0.4, -0.2) is 12.3 Å². The van der Waals surface area contributed by atoms with Crippen LogP contribution in [0.2, 0.25) is 0 Å². The molecule has 0 atom stereocenters. The number of hydrogen-bond acceptors (Lipinski definition) is 1. The maximum Gasteiger partial charge on any atom is 0.223 e. The van der Waals surface area contributed by atoms with Crippen molar-refractivity contribution in [2.24, 2.45) is 0 Å². The first-order valence-corrected chi connectivity index (χ1v) is 5.26. The quantitative estimate of drug-likeness (QED) is 0.403. The molecule has 0 radical (unpaired) electrons. The molecule has 0 heterocycles. The summed E-state index contributed by atoms with van der Waals surface area (Å²) in [6, 6.07) is 6.44. The molecule has 0 aliphatic heterocycles. The number of benzene rings is 1. The van der Waals surface area contributed by atoms with Gasteiger partial charge in [0, 0.05) is 4.90 Å². The Morgan fingerprint density at radius 3 is 2.69 bits per heavy atom. The third-order valence-electron chi connectivity index (χ3n) is 1.95. The molecule has 0 saturated heterocycles. The maximum atomic E-state index is 6.66. The third-order valence-corrected chi connectivity index (χ3v) is 2.92. The molecule has 0 saturated carbocycles. The zero-order chi connectivity index (χ0) is 9.68. The van der Waals surface area contributed by atoms with E-state index < -0.39 is 0 Å². The average Bonchev–Trinajstić information content (AvgIpc) is 2.12. The maximum absolute atomic E-state index is 6.66.